The molecule has 2 aromatic rings. The van der Waals surface area contributed by atoms with Gasteiger partial charge in [0.15, 0.2) is 6.61 Å². The van der Waals surface area contributed by atoms with Crippen LogP contribution in [0.25, 0.3) is 0 Å². The number of esters is 1. The van der Waals surface area contributed by atoms with E-state index in [-0.39, 0.29) is 24.3 Å². The molecule has 0 fully saturated rings. The fraction of sp³-hybridized carbons (Fsp3) is 0.294. The molecular weight excluding hydrogens is 372 g/mol. The van der Waals surface area contributed by atoms with Crippen LogP contribution in [-0.2, 0) is 9.53 Å². The molecular formula is C17H18N4O7. The predicted molar refractivity (Wildman–Crippen MR) is 95.3 cm³/mol. The second kappa shape index (κ2) is 9.26. The molecule has 11 nitrogen and oxygen atoms in total. The molecule has 0 bridgehead atoms. The minimum Gasteiger partial charge on any atom is -0.463 e. The molecule has 148 valence electrons. The van der Waals surface area contributed by atoms with Gasteiger partial charge < -0.3 is 19.1 Å². The number of nitrogens with zero attached hydrogens (tertiary/aromatic N) is 4. The highest BCUT2D eigenvalue weighted by Crippen LogP contribution is 2.30. The van der Waals surface area contributed by atoms with Crippen molar-refractivity contribution in [2.45, 2.75) is 6.92 Å². The summed E-state index contributed by atoms with van der Waals surface area (Å²) in [5, 5.41) is 11.2. The summed E-state index contributed by atoms with van der Waals surface area (Å²) < 4.78 is 15.3. The fourth-order valence-electron chi connectivity index (χ4n) is 2.00. The van der Waals surface area contributed by atoms with Gasteiger partial charge in [-0.05, 0) is 25.1 Å². The average molecular weight is 390 g/mol. The van der Waals surface area contributed by atoms with Crippen molar-refractivity contribution < 1.29 is 28.7 Å². The van der Waals surface area contributed by atoms with Crippen LogP contribution in [0.4, 0.5) is 5.69 Å². The van der Waals surface area contributed by atoms with Gasteiger partial charge in [-0.15, -0.1) is 0 Å². The summed E-state index contributed by atoms with van der Waals surface area (Å²) in [5.74, 6) is -1.14. The molecule has 0 N–H and O–H groups in total. The topological polar surface area (TPSA) is 134 Å². The lowest BCUT2D eigenvalue weighted by Gasteiger charge is -2.11. The van der Waals surface area contributed by atoms with E-state index in [9.17, 15) is 19.7 Å². The van der Waals surface area contributed by atoms with Gasteiger partial charge >= 0.3 is 23.5 Å². The number of hydrogen-bond acceptors (Lipinski definition) is 9. The van der Waals surface area contributed by atoms with Gasteiger partial charge in [0.25, 0.3) is 5.91 Å². The number of carbonyl (C=O) groups excluding carboxylic acids is 2. The number of amides is 1. The molecule has 28 heavy (non-hydrogen) atoms. The van der Waals surface area contributed by atoms with E-state index in [2.05, 4.69) is 9.97 Å². The van der Waals surface area contributed by atoms with Crippen molar-refractivity contribution in [2.75, 3.05) is 27.3 Å². The molecule has 11 heteroatoms. The summed E-state index contributed by atoms with van der Waals surface area (Å²) in [6, 6.07) is 5.79. The van der Waals surface area contributed by atoms with Gasteiger partial charge in [0.2, 0.25) is 0 Å². The van der Waals surface area contributed by atoms with E-state index in [0.29, 0.717) is 5.56 Å². The lowest BCUT2D eigenvalue weighted by Crippen LogP contribution is -2.21. The SMILES string of the molecule is CCOC(=O)COc1ncc([N+](=O)[O-])c(Oc2cccc(C(=O)N(C)C)c2)n1. The quantitative estimate of drug-likeness (QED) is 0.376. The van der Waals surface area contributed by atoms with Crippen molar-refractivity contribution in [2.24, 2.45) is 0 Å². The molecule has 0 aliphatic carbocycles. The van der Waals surface area contributed by atoms with E-state index >= 15 is 0 Å². The number of ether oxygens (including phenoxy) is 3. The van der Waals surface area contributed by atoms with E-state index < -0.39 is 29.1 Å². The van der Waals surface area contributed by atoms with Crippen molar-refractivity contribution in [3.05, 3.63) is 46.1 Å². The third-order valence-electron chi connectivity index (χ3n) is 3.24. The number of hydrogen-bond donors (Lipinski definition) is 0. The molecule has 2 rings (SSSR count). The molecule has 1 amide bonds. The Kier molecular flexibility index (Phi) is 6.79. The van der Waals surface area contributed by atoms with E-state index in [1.807, 2.05) is 0 Å². The van der Waals surface area contributed by atoms with Gasteiger partial charge in [-0.2, -0.15) is 9.97 Å². The number of aromatic nitrogens is 2. The summed E-state index contributed by atoms with van der Waals surface area (Å²) in [4.78, 5) is 42.8. The second-order valence-corrected chi connectivity index (χ2v) is 5.52. The third kappa shape index (κ3) is 5.37. The first-order chi connectivity index (χ1) is 13.3. The third-order valence-corrected chi connectivity index (χ3v) is 3.24. The smallest absolute Gasteiger partial charge is 0.349 e. The Bertz CT molecular complexity index is 886. The molecule has 1 aromatic heterocycles. The molecule has 0 atom stereocenters. The van der Waals surface area contributed by atoms with Gasteiger partial charge in [-0.1, -0.05) is 6.07 Å². The Balaban J connectivity index is 2.26. The molecule has 1 aromatic carbocycles. The molecule has 0 aliphatic rings. The van der Waals surface area contributed by atoms with Crippen LogP contribution in [0.15, 0.2) is 30.5 Å². The van der Waals surface area contributed by atoms with E-state index in [1.54, 1.807) is 33.2 Å². The summed E-state index contributed by atoms with van der Waals surface area (Å²) in [6.45, 7) is 1.36. The average Bonchev–Trinajstić information content (AvgIpc) is 2.66. The summed E-state index contributed by atoms with van der Waals surface area (Å²) in [6.07, 6.45) is 0.900. The Morgan fingerprint density at radius 3 is 2.68 bits per heavy atom. The van der Waals surface area contributed by atoms with Crippen LogP contribution in [-0.4, -0.2) is 59.0 Å². The number of benzene rings is 1. The maximum Gasteiger partial charge on any atom is 0.349 e. The zero-order valence-corrected chi connectivity index (χ0v) is 15.4. The predicted octanol–water partition coefficient (Wildman–Crippen LogP) is 1.82. The lowest BCUT2D eigenvalue weighted by atomic mass is 10.2. The van der Waals surface area contributed by atoms with E-state index in [1.165, 1.54) is 17.0 Å². The van der Waals surface area contributed by atoms with Crippen LogP contribution in [0.1, 0.15) is 17.3 Å². The Hall–Kier alpha value is -3.76. The van der Waals surface area contributed by atoms with Gasteiger partial charge in [0.1, 0.15) is 11.9 Å². The minimum atomic E-state index is -0.723. The largest absolute Gasteiger partial charge is 0.463 e. The van der Waals surface area contributed by atoms with Crippen LogP contribution < -0.4 is 9.47 Å². The van der Waals surface area contributed by atoms with Gasteiger partial charge in [-0.25, -0.2) is 4.79 Å². The molecule has 1 heterocycles. The zero-order chi connectivity index (χ0) is 20.7. The highest BCUT2D eigenvalue weighted by atomic mass is 16.6. The minimum absolute atomic E-state index is 0.158. The summed E-state index contributed by atoms with van der Waals surface area (Å²) in [7, 11) is 3.19. The Morgan fingerprint density at radius 2 is 2.04 bits per heavy atom. The van der Waals surface area contributed by atoms with Crippen molar-refractivity contribution >= 4 is 17.6 Å². The van der Waals surface area contributed by atoms with Crippen LogP contribution in [0.3, 0.4) is 0 Å². The first-order valence-electron chi connectivity index (χ1n) is 8.11. The van der Waals surface area contributed by atoms with E-state index in [4.69, 9.17) is 14.2 Å². The van der Waals surface area contributed by atoms with Gasteiger partial charge in [0.05, 0.1) is 11.5 Å². The van der Waals surface area contributed by atoms with Crippen LogP contribution >= 0.6 is 0 Å². The van der Waals surface area contributed by atoms with Crippen molar-refractivity contribution in [3.8, 4) is 17.6 Å². The maximum absolute atomic E-state index is 12.1. The Morgan fingerprint density at radius 1 is 1.29 bits per heavy atom. The normalized spacial score (nSPS) is 10.1. The standard InChI is InChI=1S/C17H18N4O7/c1-4-26-14(22)10-27-17-18-9-13(21(24)25)15(19-17)28-12-7-5-6-11(8-12)16(23)20(2)3/h5-9H,4,10H2,1-3H3. The number of rotatable bonds is 8. The number of carbonyl (C=O) groups is 2. The molecule has 0 unspecified atom stereocenters. The number of nitro groups is 1. The molecule has 0 radical (unpaired) electrons. The highest BCUT2D eigenvalue weighted by molar-refractivity contribution is 5.94. The second-order valence-electron chi connectivity index (χ2n) is 5.52. The molecule has 0 saturated heterocycles. The van der Waals surface area contributed by atoms with Crippen molar-refractivity contribution in [1.82, 2.24) is 14.9 Å². The van der Waals surface area contributed by atoms with Crippen LogP contribution in [0, 0.1) is 10.1 Å². The van der Waals surface area contributed by atoms with Crippen molar-refractivity contribution in [3.63, 3.8) is 0 Å². The molecule has 0 saturated carbocycles. The van der Waals surface area contributed by atoms with Crippen molar-refractivity contribution in [1.29, 1.82) is 0 Å². The Labute approximate surface area is 160 Å². The fourth-order valence-corrected chi connectivity index (χ4v) is 2.00. The highest BCUT2D eigenvalue weighted by Gasteiger charge is 2.21. The molecule has 0 aliphatic heterocycles. The van der Waals surface area contributed by atoms with Gasteiger partial charge in [0, 0.05) is 19.7 Å². The first-order valence-corrected chi connectivity index (χ1v) is 8.11. The zero-order valence-electron chi connectivity index (χ0n) is 15.4. The first kappa shape index (κ1) is 20.6. The summed E-state index contributed by atoms with van der Waals surface area (Å²) >= 11 is 0. The monoisotopic (exact) mass is 390 g/mol. The van der Waals surface area contributed by atoms with Crippen LogP contribution in [0.5, 0.6) is 17.6 Å². The van der Waals surface area contributed by atoms with Gasteiger partial charge in [-0.3, -0.25) is 14.9 Å². The summed E-state index contributed by atoms with van der Waals surface area (Å²) in [5.41, 5.74) is -0.175. The van der Waals surface area contributed by atoms with E-state index in [0.717, 1.165) is 6.20 Å². The molecule has 0 spiro atoms. The maximum atomic E-state index is 12.1. The lowest BCUT2D eigenvalue weighted by molar-refractivity contribution is -0.386. The van der Waals surface area contributed by atoms with Crippen LogP contribution in [0.2, 0.25) is 0 Å².